The van der Waals surface area contributed by atoms with Crippen molar-refractivity contribution in [2.24, 2.45) is 5.92 Å². The van der Waals surface area contributed by atoms with Crippen molar-refractivity contribution in [3.05, 3.63) is 0 Å². The zero-order valence-corrected chi connectivity index (χ0v) is 7.56. The van der Waals surface area contributed by atoms with Crippen molar-refractivity contribution >= 4 is 18.9 Å². The quantitative estimate of drug-likeness (QED) is 0.308. The molecule has 0 heterocycles. The minimum absolute atomic E-state index is 0.0329. The highest BCUT2D eigenvalue weighted by Gasteiger charge is 2.30. The molecule has 0 saturated heterocycles. The maximum atomic E-state index is 10.4. The predicted octanol–water partition coefficient (Wildman–Crippen LogP) is -0.422. The first-order valence-electron chi connectivity index (χ1n) is 3.71. The molecule has 0 aromatic rings. The summed E-state index contributed by atoms with van der Waals surface area (Å²) in [5.41, 5.74) is 0. The SMILES string of the molecule is COC(C=O)(C=O)OC[C@H](C)C=O. The maximum Gasteiger partial charge on any atom is 0.284 e. The summed E-state index contributed by atoms with van der Waals surface area (Å²) in [5.74, 6) is -2.24. The molecule has 0 aromatic carbocycles. The van der Waals surface area contributed by atoms with Crippen LogP contribution in [-0.2, 0) is 23.9 Å². The number of hydrogen-bond acceptors (Lipinski definition) is 5. The predicted molar refractivity (Wildman–Crippen MR) is 43.0 cm³/mol. The Labute approximate surface area is 76.0 Å². The van der Waals surface area contributed by atoms with E-state index >= 15 is 0 Å². The summed E-state index contributed by atoms with van der Waals surface area (Å²) in [6.07, 6.45) is 1.16. The second-order valence-corrected chi connectivity index (χ2v) is 2.59. The molecule has 0 radical (unpaired) electrons. The summed E-state index contributed by atoms with van der Waals surface area (Å²) < 4.78 is 9.40. The molecule has 0 aliphatic rings. The standard InChI is InChI=1S/C8H12O5/c1-7(3-9)4-13-8(5-10,6-11)12-2/h3,5-7H,4H2,1-2H3/t7-/m1/s1. The van der Waals surface area contributed by atoms with Gasteiger partial charge >= 0.3 is 0 Å². The summed E-state index contributed by atoms with van der Waals surface area (Å²) in [6, 6.07) is 0. The monoisotopic (exact) mass is 188 g/mol. The van der Waals surface area contributed by atoms with Crippen LogP contribution in [0.5, 0.6) is 0 Å². The second kappa shape index (κ2) is 5.55. The molecule has 0 spiro atoms. The molecule has 0 bridgehead atoms. The Hall–Kier alpha value is -1.07. The Morgan fingerprint density at radius 1 is 1.31 bits per heavy atom. The van der Waals surface area contributed by atoms with Crippen molar-refractivity contribution in [2.75, 3.05) is 13.7 Å². The Bertz CT molecular complexity index is 181. The zero-order chi connectivity index (χ0) is 10.3. The van der Waals surface area contributed by atoms with E-state index in [9.17, 15) is 14.4 Å². The van der Waals surface area contributed by atoms with E-state index in [0.717, 1.165) is 0 Å². The van der Waals surface area contributed by atoms with Crippen LogP contribution < -0.4 is 0 Å². The van der Waals surface area contributed by atoms with Crippen LogP contribution in [0.15, 0.2) is 0 Å². The minimum Gasteiger partial charge on any atom is -0.342 e. The van der Waals surface area contributed by atoms with E-state index < -0.39 is 5.79 Å². The van der Waals surface area contributed by atoms with Crippen LogP contribution in [0.2, 0.25) is 0 Å². The van der Waals surface area contributed by atoms with Gasteiger partial charge in [0.15, 0.2) is 12.6 Å². The second-order valence-electron chi connectivity index (χ2n) is 2.59. The van der Waals surface area contributed by atoms with E-state index in [4.69, 9.17) is 4.74 Å². The third-order valence-electron chi connectivity index (χ3n) is 1.45. The third-order valence-corrected chi connectivity index (χ3v) is 1.45. The van der Waals surface area contributed by atoms with Gasteiger partial charge < -0.3 is 14.3 Å². The summed E-state index contributed by atoms with van der Waals surface area (Å²) in [7, 11) is 1.17. The van der Waals surface area contributed by atoms with Crippen molar-refractivity contribution in [3.63, 3.8) is 0 Å². The van der Waals surface area contributed by atoms with Crippen molar-refractivity contribution in [1.29, 1.82) is 0 Å². The van der Waals surface area contributed by atoms with Gasteiger partial charge in [-0.3, -0.25) is 9.59 Å². The first kappa shape index (κ1) is 11.9. The van der Waals surface area contributed by atoms with E-state index in [1.54, 1.807) is 6.92 Å². The Morgan fingerprint density at radius 3 is 2.15 bits per heavy atom. The van der Waals surface area contributed by atoms with Gasteiger partial charge in [-0.05, 0) is 0 Å². The van der Waals surface area contributed by atoms with Gasteiger partial charge in [-0.15, -0.1) is 0 Å². The van der Waals surface area contributed by atoms with E-state index in [1.165, 1.54) is 7.11 Å². The van der Waals surface area contributed by atoms with Crippen LogP contribution >= 0.6 is 0 Å². The van der Waals surface area contributed by atoms with Gasteiger partial charge in [-0.1, -0.05) is 6.92 Å². The molecule has 0 aliphatic carbocycles. The van der Waals surface area contributed by atoms with E-state index in [1.807, 2.05) is 0 Å². The van der Waals surface area contributed by atoms with E-state index in [0.29, 0.717) is 6.29 Å². The molecule has 0 aliphatic heterocycles. The van der Waals surface area contributed by atoms with Crippen LogP contribution in [0.4, 0.5) is 0 Å². The molecule has 0 saturated carbocycles. The highest BCUT2D eigenvalue weighted by atomic mass is 16.7. The fraction of sp³-hybridized carbons (Fsp3) is 0.625. The normalized spacial score (nSPS) is 13.4. The maximum absolute atomic E-state index is 10.4. The molecule has 0 N–H and O–H groups in total. The highest BCUT2D eigenvalue weighted by molar-refractivity contribution is 5.85. The van der Waals surface area contributed by atoms with Gasteiger partial charge in [-0.25, -0.2) is 0 Å². The molecule has 0 rings (SSSR count). The topological polar surface area (TPSA) is 69.7 Å². The first-order valence-corrected chi connectivity index (χ1v) is 3.71. The number of ether oxygens (including phenoxy) is 2. The molecule has 0 amide bonds. The van der Waals surface area contributed by atoms with Crippen LogP contribution in [0.1, 0.15) is 6.92 Å². The lowest BCUT2D eigenvalue weighted by atomic mass is 10.2. The van der Waals surface area contributed by atoms with Gasteiger partial charge in [0.2, 0.25) is 0 Å². The average molecular weight is 188 g/mol. The Morgan fingerprint density at radius 2 is 1.85 bits per heavy atom. The number of carbonyl (C=O) groups is 3. The van der Waals surface area contributed by atoms with E-state index in [-0.39, 0.29) is 25.1 Å². The number of carbonyl (C=O) groups excluding carboxylic acids is 3. The summed E-state index contributed by atoms with van der Waals surface area (Å²) in [5, 5.41) is 0. The summed E-state index contributed by atoms with van der Waals surface area (Å²) >= 11 is 0. The van der Waals surface area contributed by atoms with Gasteiger partial charge in [0, 0.05) is 13.0 Å². The van der Waals surface area contributed by atoms with Crippen LogP contribution in [-0.4, -0.2) is 38.4 Å². The fourth-order valence-electron chi connectivity index (χ4n) is 0.552. The third kappa shape index (κ3) is 3.43. The molecular formula is C8H12O5. The number of aldehydes is 3. The van der Waals surface area contributed by atoms with Gasteiger partial charge in [-0.2, -0.15) is 0 Å². The molecule has 13 heavy (non-hydrogen) atoms. The van der Waals surface area contributed by atoms with Crippen LogP contribution in [0.25, 0.3) is 0 Å². The smallest absolute Gasteiger partial charge is 0.284 e. The average Bonchev–Trinajstić information content (AvgIpc) is 2.20. The molecule has 0 fully saturated rings. The lowest BCUT2D eigenvalue weighted by Crippen LogP contribution is -2.39. The van der Waals surface area contributed by atoms with Gasteiger partial charge in [0.1, 0.15) is 6.29 Å². The lowest BCUT2D eigenvalue weighted by Gasteiger charge is -2.20. The van der Waals surface area contributed by atoms with Crippen molar-refractivity contribution in [3.8, 4) is 0 Å². The number of hydrogen-bond donors (Lipinski definition) is 0. The number of rotatable bonds is 7. The lowest BCUT2D eigenvalue weighted by molar-refractivity contribution is -0.201. The molecular weight excluding hydrogens is 176 g/mol. The van der Waals surface area contributed by atoms with Crippen molar-refractivity contribution < 1.29 is 23.9 Å². The van der Waals surface area contributed by atoms with Crippen LogP contribution in [0, 0.1) is 5.92 Å². The van der Waals surface area contributed by atoms with Gasteiger partial charge in [0.25, 0.3) is 5.79 Å². The molecule has 0 unspecified atom stereocenters. The fourth-order valence-corrected chi connectivity index (χ4v) is 0.552. The summed E-state index contributed by atoms with van der Waals surface area (Å²) in [4.78, 5) is 31.0. The molecule has 74 valence electrons. The molecule has 5 heteroatoms. The summed E-state index contributed by atoms with van der Waals surface area (Å²) in [6.45, 7) is 1.57. The first-order chi connectivity index (χ1) is 6.14. The number of methoxy groups -OCH3 is 1. The largest absolute Gasteiger partial charge is 0.342 e. The van der Waals surface area contributed by atoms with Gasteiger partial charge in [0.05, 0.1) is 6.61 Å². The Balaban J connectivity index is 4.17. The molecule has 5 nitrogen and oxygen atoms in total. The molecule has 0 aromatic heterocycles. The highest BCUT2D eigenvalue weighted by Crippen LogP contribution is 2.07. The Kier molecular flexibility index (Phi) is 5.10. The van der Waals surface area contributed by atoms with Crippen molar-refractivity contribution in [2.45, 2.75) is 12.7 Å². The van der Waals surface area contributed by atoms with Crippen LogP contribution in [0.3, 0.4) is 0 Å². The van der Waals surface area contributed by atoms with Crippen molar-refractivity contribution in [1.82, 2.24) is 0 Å². The minimum atomic E-state index is -1.86. The zero-order valence-electron chi connectivity index (χ0n) is 7.56. The van der Waals surface area contributed by atoms with E-state index in [2.05, 4.69) is 4.74 Å². The molecule has 1 atom stereocenters.